The Hall–Kier alpha value is 0.250. The third kappa shape index (κ3) is 2.89. The summed E-state index contributed by atoms with van der Waals surface area (Å²) in [4.78, 5) is 0. The summed E-state index contributed by atoms with van der Waals surface area (Å²) in [6.07, 6.45) is 0. The average Bonchev–Trinajstić information content (AvgIpc) is 1.65. The zero-order valence-corrected chi connectivity index (χ0v) is 5.79. The molecule has 1 nitrogen and oxygen atoms in total. The van der Waals surface area contributed by atoms with E-state index in [0.29, 0.717) is 6.04 Å². The standard InChI is InChI=1S/C5H12ClN/c1-4(6)5(2)7-3/h4-5,7H,1-3H3/t4?,5-/m1/s1. The van der Waals surface area contributed by atoms with E-state index in [-0.39, 0.29) is 5.38 Å². The van der Waals surface area contributed by atoms with Gasteiger partial charge in [0, 0.05) is 11.4 Å². The van der Waals surface area contributed by atoms with Crippen LogP contribution in [0, 0.1) is 0 Å². The van der Waals surface area contributed by atoms with Crippen molar-refractivity contribution in [3.63, 3.8) is 0 Å². The van der Waals surface area contributed by atoms with E-state index in [1.54, 1.807) is 0 Å². The zero-order chi connectivity index (χ0) is 5.86. The first-order chi connectivity index (χ1) is 3.18. The number of hydrogen-bond donors (Lipinski definition) is 1. The Morgan fingerprint density at radius 2 is 1.86 bits per heavy atom. The van der Waals surface area contributed by atoms with Crippen molar-refractivity contribution in [3.8, 4) is 0 Å². The molecule has 2 atom stereocenters. The average molecular weight is 122 g/mol. The van der Waals surface area contributed by atoms with Gasteiger partial charge in [-0.15, -0.1) is 11.6 Å². The van der Waals surface area contributed by atoms with Crippen LogP contribution in [0.2, 0.25) is 0 Å². The van der Waals surface area contributed by atoms with Crippen molar-refractivity contribution >= 4 is 11.6 Å². The maximum absolute atomic E-state index is 5.67. The molecule has 0 saturated heterocycles. The number of hydrogen-bond acceptors (Lipinski definition) is 1. The van der Waals surface area contributed by atoms with Crippen LogP contribution in [0.4, 0.5) is 0 Å². The van der Waals surface area contributed by atoms with E-state index in [4.69, 9.17) is 11.6 Å². The van der Waals surface area contributed by atoms with E-state index in [1.807, 2.05) is 14.0 Å². The Morgan fingerprint density at radius 3 is 1.86 bits per heavy atom. The van der Waals surface area contributed by atoms with Crippen molar-refractivity contribution in [2.45, 2.75) is 25.3 Å². The molecule has 0 aromatic rings. The summed E-state index contributed by atoms with van der Waals surface area (Å²) in [5.74, 6) is 0. The fourth-order valence-corrected chi connectivity index (χ4v) is 0.356. The van der Waals surface area contributed by atoms with Crippen LogP contribution in [0.3, 0.4) is 0 Å². The van der Waals surface area contributed by atoms with Gasteiger partial charge in [0.05, 0.1) is 0 Å². The largest absolute Gasteiger partial charge is 0.316 e. The quantitative estimate of drug-likeness (QED) is 0.542. The fraction of sp³-hybridized carbons (Fsp3) is 1.00. The van der Waals surface area contributed by atoms with Gasteiger partial charge in [-0.3, -0.25) is 0 Å². The first-order valence-electron chi connectivity index (χ1n) is 2.49. The summed E-state index contributed by atoms with van der Waals surface area (Å²) in [6, 6.07) is 0.418. The fourth-order valence-electron chi connectivity index (χ4n) is 0.230. The van der Waals surface area contributed by atoms with Gasteiger partial charge in [0.25, 0.3) is 0 Å². The summed E-state index contributed by atoms with van der Waals surface area (Å²) in [5.41, 5.74) is 0. The van der Waals surface area contributed by atoms with Crippen molar-refractivity contribution in [3.05, 3.63) is 0 Å². The van der Waals surface area contributed by atoms with Gasteiger partial charge in [-0.1, -0.05) is 0 Å². The lowest BCUT2D eigenvalue weighted by molar-refractivity contribution is 0.600. The molecule has 0 aliphatic heterocycles. The highest BCUT2D eigenvalue weighted by atomic mass is 35.5. The van der Waals surface area contributed by atoms with Crippen LogP contribution < -0.4 is 5.32 Å². The lowest BCUT2D eigenvalue weighted by Gasteiger charge is -2.10. The Kier molecular flexibility index (Phi) is 3.39. The highest BCUT2D eigenvalue weighted by Crippen LogP contribution is 1.97. The van der Waals surface area contributed by atoms with Crippen molar-refractivity contribution in [2.75, 3.05) is 7.05 Å². The van der Waals surface area contributed by atoms with E-state index in [0.717, 1.165) is 0 Å². The normalized spacial score (nSPS) is 18.9. The van der Waals surface area contributed by atoms with E-state index < -0.39 is 0 Å². The highest BCUT2D eigenvalue weighted by molar-refractivity contribution is 6.20. The minimum absolute atomic E-state index is 0.227. The molecule has 2 heteroatoms. The summed E-state index contributed by atoms with van der Waals surface area (Å²) in [7, 11) is 1.91. The molecule has 0 radical (unpaired) electrons. The van der Waals surface area contributed by atoms with Gasteiger partial charge in [0.15, 0.2) is 0 Å². The van der Waals surface area contributed by atoms with E-state index in [1.165, 1.54) is 0 Å². The van der Waals surface area contributed by atoms with E-state index in [2.05, 4.69) is 12.2 Å². The summed E-state index contributed by atoms with van der Waals surface area (Å²) < 4.78 is 0. The Balaban J connectivity index is 3.14. The Bertz CT molecular complexity index is 45.3. The first-order valence-corrected chi connectivity index (χ1v) is 2.93. The maximum Gasteiger partial charge on any atom is 0.0458 e. The minimum atomic E-state index is 0.227. The van der Waals surface area contributed by atoms with Gasteiger partial charge in [0.1, 0.15) is 0 Å². The second-order valence-corrected chi connectivity index (χ2v) is 2.44. The summed E-state index contributed by atoms with van der Waals surface area (Å²) in [6.45, 7) is 4.03. The molecule has 0 saturated carbocycles. The van der Waals surface area contributed by atoms with Gasteiger partial charge in [-0.2, -0.15) is 0 Å². The molecule has 44 valence electrons. The first kappa shape index (κ1) is 7.25. The molecule has 1 unspecified atom stereocenters. The number of alkyl halides is 1. The third-order valence-electron chi connectivity index (χ3n) is 1.14. The van der Waals surface area contributed by atoms with Crippen LogP contribution in [0.1, 0.15) is 13.8 Å². The molecule has 0 fully saturated rings. The molecular weight excluding hydrogens is 110 g/mol. The molecule has 0 aromatic carbocycles. The van der Waals surface area contributed by atoms with Gasteiger partial charge in [-0.25, -0.2) is 0 Å². The van der Waals surface area contributed by atoms with Gasteiger partial charge >= 0.3 is 0 Å². The molecule has 0 aliphatic carbocycles. The molecule has 0 heterocycles. The maximum atomic E-state index is 5.67. The predicted octanol–water partition coefficient (Wildman–Crippen LogP) is 1.22. The van der Waals surface area contributed by atoms with Crippen molar-refractivity contribution < 1.29 is 0 Å². The minimum Gasteiger partial charge on any atom is -0.316 e. The molecule has 0 bridgehead atoms. The topological polar surface area (TPSA) is 12.0 Å². The summed E-state index contributed by atoms with van der Waals surface area (Å²) in [5, 5.41) is 3.26. The van der Waals surface area contributed by atoms with Gasteiger partial charge < -0.3 is 5.32 Å². The molecule has 0 aliphatic rings. The van der Waals surface area contributed by atoms with Crippen molar-refractivity contribution in [1.82, 2.24) is 5.32 Å². The smallest absolute Gasteiger partial charge is 0.0458 e. The second kappa shape index (κ2) is 3.28. The van der Waals surface area contributed by atoms with Crippen LogP contribution in [0.25, 0.3) is 0 Å². The molecule has 0 amide bonds. The zero-order valence-electron chi connectivity index (χ0n) is 5.03. The van der Waals surface area contributed by atoms with Crippen LogP contribution in [0.5, 0.6) is 0 Å². The highest BCUT2D eigenvalue weighted by Gasteiger charge is 2.02. The third-order valence-corrected chi connectivity index (χ3v) is 1.52. The lowest BCUT2D eigenvalue weighted by Crippen LogP contribution is -2.28. The van der Waals surface area contributed by atoms with Crippen LogP contribution in [-0.4, -0.2) is 18.5 Å². The molecule has 7 heavy (non-hydrogen) atoms. The molecule has 1 N–H and O–H groups in total. The molecular formula is C5H12ClN. The van der Waals surface area contributed by atoms with E-state index >= 15 is 0 Å². The predicted molar refractivity (Wildman–Crippen MR) is 33.8 cm³/mol. The molecule has 0 rings (SSSR count). The Labute approximate surface area is 50.1 Å². The van der Waals surface area contributed by atoms with Crippen LogP contribution in [-0.2, 0) is 0 Å². The number of rotatable bonds is 2. The van der Waals surface area contributed by atoms with Crippen LogP contribution >= 0.6 is 11.6 Å². The number of nitrogens with one attached hydrogen (secondary N) is 1. The molecule has 0 aromatic heterocycles. The Morgan fingerprint density at radius 1 is 1.43 bits per heavy atom. The van der Waals surface area contributed by atoms with Crippen molar-refractivity contribution in [1.29, 1.82) is 0 Å². The SMILES string of the molecule is CN[C@H](C)C(C)Cl. The van der Waals surface area contributed by atoms with Crippen molar-refractivity contribution in [2.24, 2.45) is 0 Å². The van der Waals surface area contributed by atoms with Crippen LogP contribution in [0.15, 0.2) is 0 Å². The lowest BCUT2D eigenvalue weighted by atomic mass is 10.3. The monoisotopic (exact) mass is 121 g/mol. The van der Waals surface area contributed by atoms with Gasteiger partial charge in [-0.05, 0) is 20.9 Å². The summed E-state index contributed by atoms with van der Waals surface area (Å²) >= 11 is 5.67. The number of halogens is 1. The second-order valence-electron chi connectivity index (χ2n) is 1.75. The van der Waals surface area contributed by atoms with E-state index in [9.17, 15) is 0 Å². The molecule has 0 spiro atoms. The van der Waals surface area contributed by atoms with Gasteiger partial charge in [0.2, 0.25) is 0 Å².